The topological polar surface area (TPSA) is 129 Å². The Morgan fingerprint density at radius 3 is 2.38 bits per heavy atom. The van der Waals surface area contributed by atoms with E-state index in [0.29, 0.717) is 29.9 Å². The van der Waals surface area contributed by atoms with Crippen molar-refractivity contribution in [3.63, 3.8) is 0 Å². The van der Waals surface area contributed by atoms with Gasteiger partial charge in [0.2, 0.25) is 0 Å². The molecular weight excluding hydrogens is 604 g/mol. The minimum atomic E-state index is -1.12. The number of fused-ring (bicyclic) bond motifs is 7. The molecule has 4 N–H and O–H groups in total. The smallest absolute Gasteiger partial charge is 0.321 e. The van der Waals surface area contributed by atoms with Crippen LogP contribution in [0.1, 0.15) is 107 Å². The summed E-state index contributed by atoms with van der Waals surface area (Å²) in [6.07, 6.45) is 11.5. The lowest BCUT2D eigenvalue weighted by molar-refractivity contribution is -0.144. The number of esters is 2. The summed E-state index contributed by atoms with van der Waals surface area (Å²) in [5, 5.41) is 5.61. The van der Waals surface area contributed by atoms with Crippen LogP contribution in [0.3, 0.4) is 0 Å². The summed E-state index contributed by atoms with van der Waals surface area (Å²) >= 11 is 0. The van der Waals surface area contributed by atoms with E-state index in [-0.39, 0.29) is 30.0 Å². The molecule has 9 nitrogen and oxygen atoms in total. The van der Waals surface area contributed by atoms with Crippen molar-refractivity contribution in [3.8, 4) is 0 Å². The normalized spacial score (nSPS) is 23.4. The number of Topliss-reactive ketones (excluding diaryl/α,β-unsaturated/α-hetero) is 1. The number of aromatic amines is 3. The Labute approximate surface area is 281 Å². The van der Waals surface area contributed by atoms with Gasteiger partial charge in [-0.25, -0.2) is 0 Å². The van der Waals surface area contributed by atoms with E-state index in [1.165, 1.54) is 12.7 Å². The molecule has 0 radical (unpaired) electrons. The molecule has 0 aromatic carbocycles. The van der Waals surface area contributed by atoms with E-state index in [9.17, 15) is 14.4 Å². The average Bonchev–Trinajstić information content (AvgIpc) is 3.80. The summed E-state index contributed by atoms with van der Waals surface area (Å²) in [6.45, 7) is 16.9. The molecule has 0 amide bonds. The van der Waals surface area contributed by atoms with Gasteiger partial charge in [-0.1, -0.05) is 39.8 Å². The van der Waals surface area contributed by atoms with Gasteiger partial charge in [0.1, 0.15) is 5.92 Å². The molecule has 1 fully saturated rings. The fraction of sp³-hybridized carbons (Fsp3) is 0.410. The van der Waals surface area contributed by atoms with Crippen molar-refractivity contribution < 1.29 is 23.9 Å². The maximum absolute atomic E-state index is 14.2. The van der Waals surface area contributed by atoms with Gasteiger partial charge in [-0.3, -0.25) is 14.4 Å². The number of rotatable bonds is 9. The second-order valence-electron chi connectivity index (χ2n) is 13.2. The molecule has 0 spiro atoms. The molecule has 3 aromatic heterocycles. The number of ether oxygens (including phenoxy) is 2. The van der Waals surface area contributed by atoms with Gasteiger partial charge in [0.05, 0.1) is 19.4 Å². The largest absolute Gasteiger partial charge is 0.468 e. The first-order valence-electron chi connectivity index (χ1n) is 17.0. The lowest BCUT2D eigenvalue weighted by Crippen LogP contribution is -2.25. The third-order valence-corrected chi connectivity index (χ3v) is 10.5. The van der Waals surface area contributed by atoms with Gasteiger partial charge in [0.25, 0.3) is 0 Å². The molecule has 9 heteroatoms. The van der Waals surface area contributed by atoms with E-state index in [4.69, 9.17) is 9.47 Å². The Balaban J connectivity index is 1.63. The lowest BCUT2D eigenvalue weighted by atomic mass is 9.85. The van der Waals surface area contributed by atoms with E-state index < -0.39 is 11.9 Å². The summed E-state index contributed by atoms with van der Waals surface area (Å²) in [5.74, 6) is -2.52. The molecule has 3 aliphatic rings. The van der Waals surface area contributed by atoms with Gasteiger partial charge < -0.3 is 29.7 Å². The Hall–Kier alpha value is -4.79. The highest BCUT2D eigenvalue weighted by Crippen LogP contribution is 2.48. The van der Waals surface area contributed by atoms with E-state index in [2.05, 4.69) is 79.7 Å². The van der Waals surface area contributed by atoms with Gasteiger partial charge in [-0.15, -0.1) is 0 Å². The highest BCUT2D eigenvalue weighted by Gasteiger charge is 2.48. The molecule has 8 bridgehead atoms. The Kier molecular flexibility index (Phi) is 8.98. The number of allylic oxidation sites excluding steroid dienone is 2. The van der Waals surface area contributed by atoms with Gasteiger partial charge in [0, 0.05) is 74.1 Å². The van der Waals surface area contributed by atoms with Crippen molar-refractivity contribution >= 4 is 47.6 Å². The number of ketones is 1. The van der Waals surface area contributed by atoms with Crippen LogP contribution < -0.4 is 16.0 Å². The Morgan fingerprint density at radius 2 is 1.69 bits per heavy atom. The molecule has 1 aliphatic carbocycles. The van der Waals surface area contributed by atoms with Crippen molar-refractivity contribution in [2.45, 2.75) is 73.6 Å². The number of aromatic nitrogens is 3. The van der Waals surface area contributed by atoms with Gasteiger partial charge in [-0.05, 0) is 80.5 Å². The van der Waals surface area contributed by atoms with E-state index in [1.807, 2.05) is 13.0 Å². The Morgan fingerprint density at radius 1 is 0.958 bits per heavy atom. The van der Waals surface area contributed by atoms with Crippen LogP contribution in [0.15, 0.2) is 18.0 Å². The number of nitrogens with one attached hydrogen (secondary N) is 4. The summed E-state index contributed by atoms with van der Waals surface area (Å²) in [6, 6.07) is 0. The first-order chi connectivity index (χ1) is 23.0. The second kappa shape index (κ2) is 13.0. The van der Waals surface area contributed by atoms with Crippen LogP contribution in [0, 0.1) is 38.5 Å². The van der Waals surface area contributed by atoms with Crippen LogP contribution in [0.5, 0.6) is 0 Å². The lowest BCUT2D eigenvalue weighted by Gasteiger charge is -2.19. The highest BCUT2D eigenvalue weighted by atomic mass is 16.5. The fourth-order valence-electron chi connectivity index (χ4n) is 7.67. The summed E-state index contributed by atoms with van der Waals surface area (Å²) in [5.41, 5.74) is 11.2. The minimum absolute atomic E-state index is 0.0617. The first kappa shape index (κ1) is 33.1. The number of hydrogen-bond donors (Lipinski definition) is 4. The fourth-order valence-corrected chi connectivity index (χ4v) is 7.67. The minimum Gasteiger partial charge on any atom is -0.468 e. The van der Waals surface area contributed by atoms with Gasteiger partial charge in [0.15, 0.2) is 5.78 Å². The third-order valence-electron chi connectivity index (χ3n) is 10.5. The number of H-pyrrole nitrogens is 3. The molecule has 3 atom stereocenters. The number of hydrogen-bond acceptors (Lipinski definition) is 6. The number of methoxy groups -OCH3 is 1. The van der Waals surface area contributed by atoms with Gasteiger partial charge in [-0.2, -0.15) is 0 Å². The van der Waals surface area contributed by atoms with Crippen molar-refractivity contribution in [2.75, 3.05) is 13.7 Å². The zero-order valence-corrected chi connectivity index (χ0v) is 29.0. The third kappa shape index (κ3) is 5.39. The first-order valence-corrected chi connectivity index (χ1v) is 17.0. The molecule has 5 heterocycles. The molecular formula is C39H46N4O5. The molecule has 3 aromatic rings. The molecule has 1 saturated heterocycles. The standard InChI is InChI=1S/C39H46N4O5/c1-9-12-15-48-32(44)14-13-25-21(6)28-16-26-19(4)23(10-2)30(40-26)17-27-20(5)24(11-3)31(41-27)18-29-22(7)33-37(43-29)34(36(25)42-28)35(38(33)45)39(46)47-8/h10,16-18,21,25,35,40-43H,2,9,11-15H2,1,3-8H3/b27-17-,28-16-,31-18-,36-34-/t21-,25-,35+/m0/s1. The maximum Gasteiger partial charge on any atom is 0.321 e. The molecule has 6 rings (SSSR count). The Bertz CT molecular complexity index is 2030. The predicted octanol–water partition coefficient (Wildman–Crippen LogP) is 5.49. The summed E-state index contributed by atoms with van der Waals surface area (Å²) < 4.78 is 10.7. The highest BCUT2D eigenvalue weighted by molar-refractivity contribution is 6.24. The SMILES string of the molecule is C=Cc1c2[nH]c(c1C)/C=C1\N/C(=C3\c4[nH]c(c(C)c4C(=O)[C@@H]3C(=O)OC)/C=c3\[nH]/c(c(C)c3CC)=C\2)[C@@H](CCC(=O)OCCCC)[C@@H]1C. The monoisotopic (exact) mass is 650 g/mol. The summed E-state index contributed by atoms with van der Waals surface area (Å²) in [4.78, 5) is 51.2. The van der Waals surface area contributed by atoms with Crippen molar-refractivity contribution in [2.24, 2.45) is 17.8 Å². The van der Waals surface area contributed by atoms with E-state index in [1.54, 1.807) is 0 Å². The van der Waals surface area contributed by atoms with Crippen LogP contribution in [0.2, 0.25) is 0 Å². The second-order valence-corrected chi connectivity index (χ2v) is 13.2. The zero-order valence-electron chi connectivity index (χ0n) is 29.0. The molecule has 0 saturated carbocycles. The van der Waals surface area contributed by atoms with E-state index in [0.717, 1.165) is 80.7 Å². The van der Waals surface area contributed by atoms with Crippen molar-refractivity contribution in [1.82, 2.24) is 20.3 Å². The van der Waals surface area contributed by atoms with Crippen molar-refractivity contribution in [3.05, 3.63) is 84.8 Å². The van der Waals surface area contributed by atoms with Crippen LogP contribution in [0.25, 0.3) is 29.9 Å². The molecule has 252 valence electrons. The number of unbranched alkanes of at least 4 members (excludes halogenated alkanes) is 1. The van der Waals surface area contributed by atoms with Crippen LogP contribution in [-0.2, 0) is 25.5 Å². The molecule has 48 heavy (non-hydrogen) atoms. The average molecular weight is 651 g/mol. The zero-order chi connectivity index (χ0) is 34.4. The number of carbonyl (C=O) groups excluding carboxylic acids is 3. The predicted molar refractivity (Wildman–Crippen MR) is 188 cm³/mol. The van der Waals surface area contributed by atoms with Gasteiger partial charge >= 0.3 is 11.9 Å². The van der Waals surface area contributed by atoms with Crippen LogP contribution >= 0.6 is 0 Å². The van der Waals surface area contributed by atoms with Crippen molar-refractivity contribution in [1.29, 1.82) is 0 Å². The van der Waals surface area contributed by atoms with Crippen LogP contribution in [0.4, 0.5) is 0 Å². The maximum atomic E-state index is 14.2. The molecule has 0 unspecified atom stereocenters. The van der Waals surface area contributed by atoms with E-state index >= 15 is 0 Å². The molecule has 2 aliphatic heterocycles. The van der Waals surface area contributed by atoms with Crippen LogP contribution in [-0.4, -0.2) is 46.4 Å². The quantitative estimate of drug-likeness (QED) is 0.138. The number of carbonyl (C=O) groups is 3. The summed E-state index contributed by atoms with van der Waals surface area (Å²) in [7, 11) is 1.31.